The van der Waals surface area contributed by atoms with E-state index in [-0.39, 0.29) is 55.5 Å². The van der Waals surface area contributed by atoms with Gasteiger partial charge in [-0.2, -0.15) is 78.3 Å². The fraction of sp³-hybridized carbons (Fsp3) is 0.458. The van der Waals surface area contributed by atoms with E-state index in [1.165, 1.54) is 17.4 Å². The van der Waals surface area contributed by atoms with Crippen molar-refractivity contribution in [3.8, 4) is 0 Å². The van der Waals surface area contributed by atoms with Crippen LogP contribution in [-0.2, 0) is 28.7 Å². The quantitative estimate of drug-likeness (QED) is 0.0249. The number of aromatic nitrogens is 16. The van der Waals surface area contributed by atoms with Crippen molar-refractivity contribution in [3.63, 3.8) is 0 Å². The molecule has 7 N–H and O–H groups in total. The Balaban J connectivity index is 0.000000117. The van der Waals surface area contributed by atoms with Crippen LogP contribution in [0.25, 0.3) is 46.9 Å². The number of ether oxygens (including phenoxy) is 1. The summed E-state index contributed by atoms with van der Waals surface area (Å²) in [6, 6.07) is 0.667. The molecule has 10 fully saturated rings. The number of carbonyl (C=O) groups excluding carboxylic acids is 5. The van der Waals surface area contributed by atoms with Crippen LogP contribution in [0.5, 0.6) is 0 Å². The maximum atomic E-state index is 13.8. The molecule has 0 unspecified atom stereocenters. The molecule has 0 spiro atoms. The largest absolute Gasteiger partial charge is 0.383 e. The van der Waals surface area contributed by atoms with Crippen LogP contribution >= 0.6 is 0 Å². The Labute approximate surface area is 627 Å². The van der Waals surface area contributed by atoms with Gasteiger partial charge in [0.1, 0.15) is 24.7 Å². The topological polar surface area (TPSA) is 367 Å². The molecule has 0 radical (unpaired) electrons. The van der Waals surface area contributed by atoms with Gasteiger partial charge in [0.05, 0.1) is 76.8 Å². The number of hydrogen-bond acceptors (Lipinski definition) is 26. The molecule has 8 aliphatic heterocycles. The zero-order valence-electron chi connectivity index (χ0n) is 61.2. The van der Waals surface area contributed by atoms with Crippen molar-refractivity contribution in [2.75, 3.05) is 127 Å². The van der Waals surface area contributed by atoms with E-state index < -0.39 is 30.6 Å². The van der Waals surface area contributed by atoms with Gasteiger partial charge in [0.2, 0.25) is 65.3 Å². The minimum atomic E-state index is -0.916. The summed E-state index contributed by atoms with van der Waals surface area (Å²) in [6.07, 6.45) is 17.8. The van der Waals surface area contributed by atoms with Gasteiger partial charge in [0.15, 0.2) is 22.6 Å². The SMILES string of the molecule is C=C1C/C(=C\c2cnn3c(N4CC[C@@H](F)C4)nc(N[C@H](C)C4CC4)nc23)C(=O)N1.C=C1NC(=O)C/C1=C\c1cnn2c(N3CC[C@@H](F)C3)nc(N(C)C)nc12.C=C1NC(=O)C/C1=C\c1cnn2c(N3CC[C@@H](F)C3)nc(NC3CC3)nc12.COCCNc1nc(N2CC[C@@H](F)C2)n2ncc(/C=C3\CC(=O)NC3=O)c2n1. The highest BCUT2D eigenvalue weighted by Gasteiger charge is 2.35. The van der Waals surface area contributed by atoms with Crippen LogP contribution in [0, 0.1) is 5.92 Å². The Morgan fingerprint density at radius 2 is 0.891 bits per heavy atom. The van der Waals surface area contributed by atoms with Gasteiger partial charge in [-0.05, 0) is 99.7 Å². The number of alkyl halides is 4. The molecule has 5 amide bonds. The number of nitrogens with one attached hydrogen (secondary N) is 7. The molecule has 34 nitrogen and oxygen atoms in total. The highest BCUT2D eigenvalue weighted by Crippen LogP contribution is 2.36. The molecule has 110 heavy (non-hydrogen) atoms. The summed E-state index contributed by atoms with van der Waals surface area (Å²) in [7, 11) is 5.30. The lowest BCUT2D eigenvalue weighted by molar-refractivity contribution is -0.124. The summed E-state index contributed by atoms with van der Waals surface area (Å²) in [6.45, 7) is 18.1. The van der Waals surface area contributed by atoms with E-state index in [9.17, 15) is 41.5 Å². The van der Waals surface area contributed by atoms with Gasteiger partial charge in [-0.3, -0.25) is 29.3 Å². The molecule has 18 rings (SSSR count). The van der Waals surface area contributed by atoms with Gasteiger partial charge in [0, 0.05) is 123 Å². The van der Waals surface area contributed by atoms with Crippen molar-refractivity contribution < 1.29 is 46.3 Å². The summed E-state index contributed by atoms with van der Waals surface area (Å²) < 4.78 is 66.5. The third kappa shape index (κ3) is 16.2. The second-order valence-corrected chi connectivity index (χ2v) is 28.9. The van der Waals surface area contributed by atoms with Gasteiger partial charge >= 0.3 is 0 Å². The minimum absolute atomic E-state index is 0.0166. The molecule has 8 saturated heterocycles. The number of carbonyl (C=O) groups is 5. The van der Waals surface area contributed by atoms with E-state index in [1.54, 1.807) is 62.5 Å². The number of amides is 5. The molecule has 576 valence electrons. The standard InChI is InChI=1S/C20H24FN7O.C18H20FN7O.C17H20FN7O3.C17H20FN7O/c1-11-7-14(18(29)23-11)8-15-9-22-28-17(15)25-19(24-12(2)13-3-4-13)26-20(28)27-6-5-16(21)10-27;1-10-11(7-15(27)21-10)6-12-8-20-26-16(12)23-17(22-14-2-3-14)24-18(26)25-5-4-13(19)9-25;1-28-5-3-19-16-22-14-11(6-10-7-13(26)21-15(10)27)8-20-25(14)17(23-16)24-4-2-12(18)9-24;1-10-11(7-14(26)20-10)6-12-8-19-25-15(12)21-16(23(2)3)22-17(25)24-5-4-13(18)9-24/h8-9,12-13,16H,1,3-7,10H2,2H3,(H,23,29)(H,24,25);6,8,13-14H,1-5,7,9H2,(H,21,27)(H,22,23);6,8,12H,2-5,7,9H2,1H3,(H,19,22)(H,21,26,27);6,8,13H,1,4-5,7,9H2,2-3H3,(H,20,26)/b14-8+;11-6+;10-6+;11-6+/t12-,16-;13-;12-;13-/m1111/s1. The Kier molecular flexibility index (Phi) is 20.7. The highest BCUT2D eigenvalue weighted by atomic mass is 19.1. The molecule has 0 aromatic carbocycles. The molecule has 8 aromatic rings. The van der Waals surface area contributed by atoms with Gasteiger partial charge < -0.3 is 61.1 Å². The molecular formula is C72H84F4N28O6. The third-order valence-electron chi connectivity index (χ3n) is 20.0. The first-order valence-electron chi connectivity index (χ1n) is 36.7. The molecule has 0 bridgehead atoms. The lowest BCUT2D eigenvalue weighted by Gasteiger charge is -2.19. The van der Waals surface area contributed by atoms with Crippen molar-refractivity contribution in [2.24, 2.45) is 5.92 Å². The molecule has 2 aliphatic carbocycles. The molecule has 5 atom stereocenters. The normalized spacial score (nSPS) is 23.0. The number of rotatable bonds is 18. The van der Waals surface area contributed by atoms with Gasteiger partial charge in [-0.25, -0.2) is 17.6 Å². The zero-order valence-corrected chi connectivity index (χ0v) is 61.2. The Morgan fingerprint density at radius 3 is 1.27 bits per heavy atom. The van der Waals surface area contributed by atoms with Crippen molar-refractivity contribution in [1.82, 2.24) is 99.6 Å². The average molecular weight is 1510 g/mol. The highest BCUT2D eigenvalue weighted by molar-refractivity contribution is 6.16. The maximum absolute atomic E-state index is 13.8. The van der Waals surface area contributed by atoms with Crippen LogP contribution in [0.1, 0.15) is 106 Å². The molecule has 38 heteroatoms. The fourth-order valence-electron chi connectivity index (χ4n) is 13.8. The molecular weight excluding hydrogens is 1430 g/mol. The van der Waals surface area contributed by atoms with Crippen LogP contribution in [0.4, 0.5) is 65.1 Å². The monoisotopic (exact) mass is 1510 g/mol. The van der Waals surface area contributed by atoms with E-state index in [4.69, 9.17) is 4.74 Å². The zero-order chi connectivity index (χ0) is 76.8. The Bertz CT molecular complexity index is 5150. The predicted octanol–water partition coefficient (Wildman–Crippen LogP) is 5.28. The van der Waals surface area contributed by atoms with Crippen molar-refractivity contribution in [1.29, 1.82) is 0 Å². The molecule has 10 aliphatic rings. The first kappa shape index (κ1) is 73.5. The first-order valence-corrected chi connectivity index (χ1v) is 36.7. The van der Waals surface area contributed by atoms with Gasteiger partial charge in [-0.15, -0.1) is 0 Å². The molecule has 2 saturated carbocycles. The first-order chi connectivity index (χ1) is 53.0. The van der Waals surface area contributed by atoms with E-state index in [0.717, 1.165) is 40.7 Å². The minimum Gasteiger partial charge on any atom is -0.383 e. The summed E-state index contributed by atoms with van der Waals surface area (Å²) in [5.41, 5.74) is 9.62. The number of halogens is 4. The summed E-state index contributed by atoms with van der Waals surface area (Å²) in [5.74, 6) is 3.72. The van der Waals surface area contributed by atoms with Crippen LogP contribution < -0.4 is 61.7 Å². The number of imide groups is 1. The number of methoxy groups -OCH3 is 1. The number of allylic oxidation sites excluding steroid dienone is 3. The number of fused-ring (bicyclic) bond motifs is 4. The lowest BCUT2D eigenvalue weighted by Crippen LogP contribution is -2.26. The van der Waals surface area contributed by atoms with E-state index >= 15 is 0 Å². The smallest absolute Gasteiger partial charge is 0.254 e. The van der Waals surface area contributed by atoms with Gasteiger partial charge in [0.25, 0.3) is 11.8 Å². The Morgan fingerprint density at radius 1 is 0.500 bits per heavy atom. The summed E-state index contributed by atoms with van der Waals surface area (Å²) in [4.78, 5) is 105. The Hall–Kier alpha value is -12.0. The van der Waals surface area contributed by atoms with Crippen molar-refractivity contribution in [2.45, 2.75) is 121 Å². The number of nitrogens with zero attached hydrogens (tertiary/aromatic N) is 21. The average Bonchev–Trinajstić information content (AvgIpc) is 1.62. The van der Waals surface area contributed by atoms with E-state index in [2.05, 4.69) is 124 Å². The second kappa shape index (κ2) is 30.9. The fourth-order valence-corrected chi connectivity index (χ4v) is 13.8. The van der Waals surface area contributed by atoms with Crippen molar-refractivity contribution in [3.05, 3.63) is 106 Å². The van der Waals surface area contributed by atoms with E-state index in [1.807, 2.05) is 45.8 Å². The van der Waals surface area contributed by atoms with Crippen LogP contribution in [0.3, 0.4) is 0 Å². The number of anilines is 8. The van der Waals surface area contributed by atoms with Gasteiger partial charge in [-0.1, -0.05) is 19.7 Å². The molecule has 8 aromatic heterocycles. The van der Waals surface area contributed by atoms with Crippen LogP contribution in [0.2, 0.25) is 0 Å². The van der Waals surface area contributed by atoms with Crippen LogP contribution in [-0.4, -0.2) is 231 Å². The summed E-state index contributed by atoms with van der Waals surface area (Å²) in [5, 5.41) is 37.8. The third-order valence-corrected chi connectivity index (χ3v) is 20.0. The number of hydrogen-bond donors (Lipinski definition) is 7. The van der Waals surface area contributed by atoms with Crippen LogP contribution in [0.15, 0.2) is 83.9 Å². The lowest BCUT2D eigenvalue weighted by atomic mass is 10.1. The summed E-state index contributed by atoms with van der Waals surface area (Å²) >= 11 is 0. The second-order valence-electron chi connectivity index (χ2n) is 28.9. The predicted molar refractivity (Wildman–Crippen MR) is 403 cm³/mol. The molecule has 16 heterocycles. The maximum Gasteiger partial charge on any atom is 0.254 e. The van der Waals surface area contributed by atoms with E-state index in [0.29, 0.717) is 207 Å². The van der Waals surface area contributed by atoms with Crippen molar-refractivity contribution >= 4 is 124 Å².